The van der Waals surface area contributed by atoms with Gasteiger partial charge in [-0.15, -0.1) is 0 Å². The van der Waals surface area contributed by atoms with E-state index in [1.807, 2.05) is 31.2 Å². The number of nitrogens with one attached hydrogen (secondary N) is 1. The Labute approximate surface area is 143 Å². The molecule has 2 rings (SSSR count). The molecule has 1 N–H and O–H groups in total. The zero-order valence-corrected chi connectivity index (χ0v) is 14.7. The summed E-state index contributed by atoms with van der Waals surface area (Å²) in [5.74, 6) is 0.745. The summed E-state index contributed by atoms with van der Waals surface area (Å²) in [5, 5.41) is 4.13. The highest BCUT2D eigenvalue weighted by atomic mass is 79.9. The van der Waals surface area contributed by atoms with Crippen LogP contribution in [0.2, 0.25) is 0 Å². The molecule has 0 atom stereocenters. The normalized spacial score (nSPS) is 11.0. The number of carbonyl (C=O) groups is 1. The molecule has 0 radical (unpaired) electrons. The zero-order valence-electron chi connectivity index (χ0n) is 13.1. The Kier molecular flexibility index (Phi) is 5.76. The number of hydrogen-bond acceptors (Lipinski definition) is 4. The van der Waals surface area contributed by atoms with Crippen LogP contribution in [0.3, 0.4) is 0 Å². The van der Waals surface area contributed by atoms with Crippen LogP contribution in [0, 0.1) is 0 Å². The summed E-state index contributed by atoms with van der Waals surface area (Å²) in [5.41, 5.74) is 4.63. The summed E-state index contributed by atoms with van der Waals surface area (Å²) in [6.07, 6.45) is 0. The van der Waals surface area contributed by atoms with Gasteiger partial charge in [-0.1, -0.05) is 28.1 Å². The number of methoxy groups -OCH3 is 2. The number of nitrogens with zero attached hydrogens (tertiary/aromatic N) is 1. The van der Waals surface area contributed by atoms with Crippen molar-refractivity contribution in [2.24, 2.45) is 5.10 Å². The zero-order chi connectivity index (χ0) is 16.8. The molecule has 23 heavy (non-hydrogen) atoms. The van der Waals surface area contributed by atoms with E-state index in [4.69, 9.17) is 9.47 Å². The van der Waals surface area contributed by atoms with E-state index in [1.54, 1.807) is 25.3 Å². The van der Waals surface area contributed by atoms with Gasteiger partial charge >= 0.3 is 0 Å². The maximum Gasteiger partial charge on any atom is 0.271 e. The van der Waals surface area contributed by atoms with Crippen molar-refractivity contribution in [1.82, 2.24) is 5.43 Å². The number of amides is 1. The number of hydrazone groups is 1. The summed E-state index contributed by atoms with van der Waals surface area (Å²) in [6.45, 7) is 1.83. The summed E-state index contributed by atoms with van der Waals surface area (Å²) in [7, 11) is 3.07. The molecule has 0 saturated carbocycles. The Bertz CT molecular complexity index is 727. The Morgan fingerprint density at radius 2 is 1.61 bits per heavy atom. The molecule has 0 bridgehead atoms. The van der Waals surface area contributed by atoms with Crippen molar-refractivity contribution in [1.29, 1.82) is 0 Å². The van der Waals surface area contributed by atoms with Crippen LogP contribution in [0.15, 0.2) is 52.0 Å². The molecule has 0 aliphatic carbocycles. The first-order chi connectivity index (χ1) is 11.0. The molecule has 0 aliphatic heterocycles. The van der Waals surface area contributed by atoms with E-state index in [0.29, 0.717) is 22.8 Å². The third kappa shape index (κ3) is 4.32. The second kappa shape index (κ2) is 7.78. The van der Waals surface area contributed by atoms with Gasteiger partial charge in [0, 0.05) is 10.0 Å². The maximum atomic E-state index is 12.2. The van der Waals surface area contributed by atoms with Gasteiger partial charge in [0.1, 0.15) is 0 Å². The number of ether oxygens (including phenoxy) is 2. The Morgan fingerprint density at radius 3 is 2.22 bits per heavy atom. The summed E-state index contributed by atoms with van der Waals surface area (Å²) < 4.78 is 11.3. The van der Waals surface area contributed by atoms with Crippen molar-refractivity contribution in [3.8, 4) is 11.5 Å². The fourth-order valence-corrected chi connectivity index (χ4v) is 2.20. The van der Waals surface area contributed by atoms with Gasteiger partial charge in [0.05, 0.1) is 19.9 Å². The lowest BCUT2D eigenvalue weighted by Crippen LogP contribution is -2.19. The molecule has 0 saturated heterocycles. The summed E-state index contributed by atoms with van der Waals surface area (Å²) in [4.78, 5) is 12.2. The van der Waals surface area contributed by atoms with Crippen molar-refractivity contribution < 1.29 is 14.3 Å². The lowest BCUT2D eigenvalue weighted by molar-refractivity contribution is 0.0954. The Morgan fingerprint density at radius 1 is 1.00 bits per heavy atom. The SMILES string of the molecule is COc1ccc(C(=O)NN=C(C)c2ccc(Br)cc2)cc1OC. The third-order valence-corrected chi connectivity index (χ3v) is 3.76. The topological polar surface area (TPSA) is 59.9 Å². The minimum atomic E-state index is -0.317. The van der Waals surface area contributed by atoms with Crippen molar-refractivity contribution in [2.45, 2.75) is 6.92 Å². The van der Waals surface area contributed by atoms with Gasteiger partial charge in [0.15, 0.2) is 11.5 Å². The molecule has 0 spiro atoms. The highest BCUT2D eigenvalue weighted by molar-refractivity contribution is 9.10. The summed E-state index contributed by atoms with van der Waals surface area (Å²) in [6, 6.07) is 12.6. The van der Waals surface area contributed by atoms with Gasteiger partial charge in [-0.2, -0.15) is 5.10 Å². The molecule has 0 aliphatic rings. The molecule has 2 aromatic carbocycles. The number of rotatable bonds is 5. The van der Waals surface area contributed by atoms with Gasteiger partial charge in [-0.3, -0.25) is 4.79 Å². The number of hydrogen-bond donors (Lipinski definition) is 1. The Balaban J connectivity index is 2.12. The Hall–Kier alpha value is -2.34. The van der Waals surface area contributed by atoms with Gasteiger partial charge in [-0.05, 0) is 42.8 Å². The quantitative estimate of drug-likeness (QED) is 0.640. The van der Waals surface area contributed by atoms with E-state index < -0.39 is 0 Å². The van der Waals surface area contributed by atoms with Crippen molar-refractivity contribution in [3.05, 3.63) is 58.1 Å². The highest BCUT2D eigenvalue weighted by Crippen LogP contribution is 2.27. The fraction of sp³-hybridized carbons (Fsp3) is 0.176. The predicted molar refractivity (Wildman–Crippen MR) is 93.4 cm³/mol. The van der Waals surface area contributed by atoms with Gasteiger partial charge in [0.2, 0.25) is 0 Å². The van der Waals surface area contributed by atoms with Crippen LogP contribution < -0.4 is 14.9 Å². The van der Waals surface area contributed by atoms with Crippen LogP contribution in [-0.2, 0) is 0 Å². The van der Waals surface area contributed by atoms with E-state index >= 15 is 0 Å². The van der Waals surface area contributed by atoms with Gasteiger partial charge in [0.25, 0.3) is 5.91 Å². The lowest BCUT2D eigenvalue weighted by Gasteiger charge is -2.09. The van der Waals surface area contributed by atoms with Crippen LogP contribution in [-0.4, -0.2) is 25.8 Å². The molecule has 120 valence electrons. The smallest absolute Gasteiger partial charge is 0.271 e. The van der Waals surface area contributed by atoms with Crippen LogP contribution in [0.4, 0.5) is 0 Å². The van der Waals surface area contributed by atoms with Gasteiger partial charge in [-0.25, -0.2) is 5.43 Å². The van der Waals surface area contributed by atoms with Gasteiger partial charge < -0.3 is 9.47 Å². The highest BCUT2D eigenvalue weighted by Gasteiger charge is 2.10. The minimum Gasteiger partial charge on any atom is -0.493 e. The largest absolute Gasteiger partial charge is 0.493 e. The number of carbonyl (C=O) groups excluding carboxylic acids is 1. The van der Waals surface area contributed by atoms with E-state index in [2.05, 4.69) is 26.5 Å². The first-order valence-corrected chi connectivity index (χ1v) is 7.67. The molecule has 1 amide bonds. The van der Waals surface area contributed by atoms with E-state index in [0.717, 1.165) is 10.0 Å². The van der Waals surface area contributed by atoms with Crippen LogP contribution in [0.25, 0.3) is 0 Å². The summed E-state index contributed by atoms with van der Waals surface area (Å²) >= 11 is 3.38. The number of halogens is 1. The molecular weight excluding hydrogens is 360 g/mol. The molecule has 2 aromatic rings. The van der Waals surface area contributed by atoms with Crippen LogP contribution in [0.1, 0.15) is 22.8 Å². The minimum absolute atomic E-state index is 0.317. The van der Waals surface area contributed by atoms with Crippen LogP contribution >= 0.6 is 15.9 Å². The van der Waals surface area contributed by atoms with Crippen molar-refractivity contribution in [2.75, 3.05) is 14.2 Å². The predicted octanol–water partition coefficient (Wildman–Crippen LogP) is 3.62. The van der Waals surface area contributed by atoms with Crippen molar-refractivity contribution in [3.63, 3.8) is 0 Å². The van der Waals surface area contributed by atoms with E-state index in [9.17, 15) is 4.79 Å². The van der Waals surface area contributed by atoms with E-state index in [-0.39, 0.29) is 5.91 Å². The number of benzene rings is 2. The first-order valence-electron chi connectivity index (χ1n) is 6.87. The maximum absolute atomic E-state index is 12.2. The second-order valence-electron chi connectivity index (χ2n) is 4.71. The standard InChI is InChI=1S/C17H17BrN2O3/c1-11(12-4-7-14(18)8-5-12)19-20-17(21)13-6-9-15(22-2)16(10-13)23-3/h4-10H,1-3H3,(H,20,21). The molecule has 0 aromatic heterocycles. The molecule has 0 heterocycles. The molecule has 0 unspecified atom stereocenters. The van der Waals surface area contributed by atoms with Crippen molar-refractivity contribution >= 4 is 27.5 Å². The average molecular weight is 377 g/mol. The molecule has 5 nitrogen and oxygen atoms in total. The second-order valence-corrected chi connectivity index (χ2v) is 5.63. The molecular formula is C17H17BrN2O3. The lowest BCUT2D eigenvalue weighted by atomic mass is 10.1. The first kappa shape index (κ1) is 17.0. The van der Waals surface area contributed by atoms with E-state index in [1.165, 1.54) is 7.11 Å². The fourth-order valence-electron chi connectivity index (χ4n) is 1.93. The molecule has 6 heteroatoms. The third-order valence-electron chi connectivity index (χ3n) is 3.23. The monoisotopic (exact) mass is 376 g/mol. The van der Waals surface area contributed by atoms with Crippen LogP contribution in [0.5, 0.6) is 11.5 Å². The molecule has 0 fully saturated rings. The average Bonchev–Trinajstić information content (AvgIpc) is 2.59.